The fourth-order valence-corrected chi connectivity index (χ4v) is 1.74. The van der Waals surface area contributed by atoms with E-state index in [-0.39, 0.29) is 23.7 Å². The SMILES string of the molecule is CCCCC(=O)c1nc(-c2ccccn2)[nH]c(=O)c1O. The first-order valence-electron chi connectivity index (χ1n) is 6.41. The Morgan fingerprint density at radius 3 is 2.85 bits per heavy atom. The van der Waals surface area contributed by atoms with Crippen LogP contribution in [0, 0.1) is 0 Å². The fourth-order valence-electron chi connectivity index (χ4n) is 1.74. The van der Waals surface area contributed by atoms with E-state index >= 15 is 0 Å². The van der Waals surface area contributed by atoms with Crippen LogP contribution in [0.15, 0.2) is 29.2 Å². The zero-order valence-electron chi connectivity index (χ0n) is 11.1. The van der Waals surface area contributed by atoms with Crippen molar-refractivity contribution in [1.82, 2.24) is 15.0 Å². The number of unbranched alkanes of at least 4 members (excludes halogenated alkanes) is 1. The van der Waals surface area contributed by atoms with Gasteiger partial charge in [-0.2, -0.15) is 0 Å². The first-order valence-corrected chi connectivity index (χ1v) is 6.41. The number of Topliss-reactive ketones (excluding diaryl/α,β-unsaturated/α-hetero) is 1. The largest absolute Gasteiger partial charge is 0.501 e. The Hall–Kier alpha value is -2.50. The summed E-state index contributed by atoms with van der Waals surface area (Å²) in [6.07, 6.45) is 3.34. The average molecular weight is 273 g/mol. The van der Waals surface area contributed by atoms with Crippen molar-refractivity contribution < 1.29 is 9.90 Å². The number of nitrogens with zero attached hydrogens (tertiary/aromatic N) is 2. The third-order valence-electron chi connectivity index (χ3n) is 2.82. The topological polar surface area (TPSA) is 95.9 Å². The van der Waals surface area contributed by atoms with E-state index < -0.39 is 11.3 Å². The molecule has 0 aliphatic carbocycles. The van der Waals surface area contributed by atoms with Crippen LogP contribution in [0.2, 0.25) is 0 Å². The summed E-state index contributed by atoms with van der Waals surface area (Å²) in [7, 11) is 0. The molecule has 0 unspecified atom stereocenters. The minimum absolute atomic E-state index is 0.174. The lowest BCUT2D eigenvalue weighted by Gasteiger charge is -2.05. The van der Waals surface area contributed by atoms with Crippen molar-refractivity contribution in [2.45, 2.75) is 26.2 Å². The van der Waals surface area contributed by atoms with Crippen molar-refractivity contribution in [3.05, 3.63) is 40.4 Å². The van der Waals surface area contributed by atoms with E-state index in [0.717, 1.165) is 6.42 Å². The van der Waals surface area contributed by atoms with Crippen LogP contribution >= 0.6 is 0 Å². The molecule has 0 fully saturated rings. The number of pyridine rings is 1. The van der Waals surface area contributed by atoms with Gasteiger partial charge >= 0.3 is 0 Å². The summed E-state index contributed by atoms with van der Waals surface area (Å²) < 4.78 is 0. The minimum Gasteiger partial charge on any atom is -0.501 e. The van der Waals surface area contributed by atoms with Crippen molar-refractivity contribution in [1.29, 1.82) is 0 Å². The number of carbonyl (C=O) groups excluding carboxylic acids is 1. The van der Waals surface area contributed by atoms with Crippen molar-refractivity contribution in [2.24, 2.45) is 0 Å². The Morgan fingerprint density at radius 2 is 2.20 bits per heavy atom. The Labute approximate surface area is 115 Å². The molecule has 0 saturated heterocycles. The summed E-state index contributed by atoms with van der Waals surface area (Å²) in [6.45, 7) is 1.96. The number of aromatic nitrogens is 3. The van der Waals surface area contributed by atoms with Crippen LogP contribution < -0.4 is 5.56 Å². The highest BCUT2D eigenvalue weighted by Gasteiger charge is 2.18. The van der Waals surface area contributed by atoms with E-state index in [2.05, 4.69) is 15.0 Å². The summed E-state index contributed by atoms with van der Waals surface area (Å²) in [5.74, 6) is -0.799. The average Bonchev–Trinajstić information content (AvgIpc) is 2.48. The Kier molecular flexibility index (Phi) is 4.24. The molecule has 0 amide bonds. The van der Waals surface area contributed by atoms with Crippen molar-refractivity contribution >= 4 is 5.78 Å². The molecule has 104 valence electrons. The highest BCUT2D eigenvalue weighted by molar-refractivity contribution is 5.96. The Bertz CT molecular complexity index is 665. The van der Waals surface area contributed by atoms with Gasteiger partial charge in [0.05, 0.1) is 0 Å². The highest BCUT2D eigenvalue weighted by atomic mass is 16.3. The Morgan fingerprint density at radius 1 is 1.40 bits per heavy atom. The number of H-pyrrole nitrogens is 1. The van der Waals surface area contributed by atoms with E-state index in [0.29, 0.717) is 12.1 Å². The number of aromatic hydroxyl groups is 1. The van der Waals surface area contributed by atoms with Crippen molar-refractivity contribution in [2.75, 3.05) is 0 Å². The number of nitrogens with one attached hydrogen (secondary N) is 1. The molecule has 2 aromatic rings. The van der Waals surface area contributed by atoms with Crippen LogP contribution in [0.1, 0.15) is 36.7 Å². The fraction of sp³-hybridized carbons (Fsp3) is 0.286. The molecule has 0 spiro atoms. The smallest absolute Gasteiger partial charge is 0.294 e. The number of hydrogen-bond acceptors (Lipinski definition) is 5. The number of ketones is 1. The van der Waals surface area contributed by atoms with Crippen molar-refractivity contribution in [3.63, 3.8) is 0 Å². The molecule has 2 rings (SSSR count). The molecule has 0 radical (unpaired) electrons. The first kappa shape index (κ1) is 13.9. The second-order valence-electron chi connectivity index (χ2n) is 4.35. The molecule has 0 saturated carbocycles. The maximum absolute atomic E-state index is 12.0. The molecule has 0 aromatic carbocycles. The van der Waals surface area contributed by atoms with Gasteiger partial charge in [-0.3, -0.25) is 14.6 Å². The summed E-state index contributed by atoms with van der Waals surface area (Å²) in [5, 5.41) is 9.69. The van der Waals surface area contributed by atoms with Crippen LogP contribution in [-0.4, -0.2) is 25.8 Å². The minimum atomic E-state index is -0.736. The molecule has 2 aromatic heterocycles. The van der Waals surface area contributed by atoms with E-state index in [4.69, 9.17) is 0 Å². The molecule has 2 heterocycles. The third kappa shape index (κ3) is 2.90. The van der Waals surface area contributed by atoms with Gasteiger partial charge in [0, 0.05) is 12.6 Å². The summed E-state index contributed by atoms with van der Waals surface area (Å²) in [5.41, 5.74) is -0.488. The lowest BCUT2D eigenvalue weighted by Crippen LogP contribution is -2.15. The standard InChI is InChI=1S/C14H15N3O3/c1-2-3-7-10(18)11-12(19)14(20)17-13(16-11)9-6-4-5-8-15-9/h4-6,8,19H,2-3,7H2,1H3,(H,16,17,20). The highest BCUT2D eigenvalue weighted by Crippen LogP contribution is 2.16. The van der Waals surface area contributed by atoms with Crippen LogP contribution in [0.25, 0.3) is 11.5 Å². The molecular formula is C14H15N3O3. The number of carbonyl (C=O) groups is 1. The van der Waals surface area contributed by atoms with Gasteiger partial charge in [0.25, 0.3) is 5.56 Å². The van der Waals surface area contributed by atoms with E-state index in [1.54, 1.807) is 24.4 Å². The van der Waals surface area contributed by atoms with Crippen molar-refractivity contribution in [3.8, 4) is 17.3 Å². The third-order valence-corrected chi connectivity index (χ3v) is 2.82. The normalized spacial score (nSPS) is 10.4. The quantitative estimate of drug-likeness (QED) is 0.811. The maximum atomic E-state index is 12.0. The lowest BCUT2D eigenvalue weighted by atomic mass is 10.1. The molecular weight excluding hydrogens is 258 g/mol. The molecule has 0 aliphatic heterocycles. The van der Waals surface area contributed by atoms with Gasteiger partial charge in [-0.05, 0) is 18.6 Å². The maximum Gasteiger partial charge on any atom is 0.294 e. The first-order chi connectivity index (χ1) is 9.63. The van der Waals surface area contributed by atoms with E-state index in [1.807, 2.05) is 6.92 Å². The van der Waals surface area contributed by atoms with Crippen LogP contribution in [-0.2, 0) is 0 Å². The monoisotopic (exact) mass is 273 g/mol. The molecule has 0 atom stereocenters. The molecule has 6 heteroatoms. The molecule has 20 heavy (non-hydrogen) atoms. The van der Waals surface area contributed by atoms with E-state index in [1.165, 1.54) is 0 Å². The van der Waals surface area contributed by atoms with Gasteiger partial charge in [0.15, 0.2) is 17.3 Å². The molecule has 2 N–H and O–H groups in total. The summed E-state index contributed by atoms with van der Waals surface area (Å²) >= 11 is 0. The molecule has 0 bridgehead atoms. The van der Waals surface area contributed by atoms with Gasteiger partial charge in [-0.15, -0.1) is 0 Å². The predicted octanol–water partition coefficient (Wildman–Crippen LogP) is 1.91. The lowest BCUT2D eigenvalue weighted by molar-refractivity contribution is 0.0971. The molecule has 0 aliphatic rings. The van der Waals surface area contributed by atoms with Gasteiger partial charge in [0.2, 0.25) is 5.75 Å². The van der Waals surface area contributed by atoms with Crippen LogP contribution in [0.5, 0.6) is 5.75 Å². The second kappa shape index (κ2) is 6.10. The zero-order valence-corrected chi connectivity index (χ0v) is 11.1. The van der Waals surface area contributed by atoms with Gasteiger partial charge < -0.3 is 10.1 Å². The number of rotatable bonds is 5. The number of hydrogen-bond donors (Lipinski definition) is 2. The van der Waals surface area contributed by atoms with E-state index in [9.17, 15) is 14.7 Å². The number of aromatic amines is 1. The van der Waals surface area contributed by atoms with Crippen LogP contribution in [0.3, 0.4) is 0 Å². The van der Waals surface area contributed by atoms with Gasteiger partial charge in [0.1, 0.15) is 5.69 Å². The van der Waals surface area contributed by atoms with Gasteiger partial charge in [-0.25, -0.2) is 4.98 Å². The summed E-state index contributed by atoms with van der Waals surface area (Å²) in [4.78, 5) is 34.2. The Balaban J connectivity index is 2.45. The van der Waals surface area contributed by atoms with Gasteiger partial charge in [-0.1, -0.05) is 19.4 Å². The predicted molar refractivity (Wildman–Crippen MR) is 73.6 cm³/mol. The van der Waals surface area contributed by atoms with Crippen LogP contribution in [0.4, 0.5) is 0 Å². The molecule has 6 nitrogen and oxygen atoms in total. The second-order valence-corrected chi connectivity index (χ2v) is 4.35. The zero-order chi connectivity index (χ0) is 14.5. The summed E-state index contributed by atoms with van der Waals surface area (Å²) in [6, 6.07) is 5.14.